The number of benzene rings is 1. The molecule has 2 aliphatic rings. The van der Waals surface area contributed by atoms with Crippen molar-refractivity contribution in [2.45, 2.75) is 32.2 Å². The molecule has 0 bridgehead atoms. The van der Waals surface area contributed by atoms with Gasteiger partial charge in [-0.1, -0.05) is 6.07 Å². The van der Waals surface area contributed by atoms with Crippen LogP contribution in [0.5, 0.6) is 0 Å². The van der Waals surface area contributed by atoms with Crippen LogP contribution in [0, 0.1) is 5.92 Å². The lowest BCUT2D eigenvalue weighted by Gasteiger charge is -2.20. The standard InChI is InChI=1S/C22H24N8O2/c1-12(13-5-6-13)30-11-14(9-26-30)27-22-25-10-17(19(23)31)20(29-22)28-18-4-2-3-16-15(18)7-8-24-21(16)32/h2-4,9-13H,5-8H2,1H3,(H2,23,31)(H,24,32)(H2,25,27,28,29). The lowest BCUT2D eigenvalue weighted by atomic mass is 9.98. The molecule has 0 spiro atoms. The molecule has 3 heterocycles. The second-order valence-electron chi connectivity index (χ2n) is 8.19. The number of primary amides is 1. The Bertz CT molecular complexity index is 1200. The zero-order chi connectivity index (χ0) is 22.2. The Morgan fingerprint density at radius 3 is 2.91 bits per heavy atom. The van der Waals surface area contributed by atoms with Gasteiger partial charge < -0.3 is 21.7 Å². The van der Waals surface area contributed by atoms with E-state index in [0.29, 0.717) is 42.1 Å². The van der Waals surface area contributed by atoms with Crippen LogP contribution >= 0.6 is 0 Å². The van der Waals surface area contributed by atoms with E-state index < -0.39 is 5.91 Å². The first-order valence-corrected chi connectivity index (χ1v) is 10.6. The maximum Gasteiger partial charge on any atom is 0.254 e. The van der Waals surface area contributed by atoms with E-state index in [1.165, 1.54) is 19.0 Å². The van der Waals surface area contributed by atoms with Crippen molar-refractivity contribution >= 4 is 35.0 Å². The first-order chi connectivity index (χ1) is 15.5. The van der Waals surface area contributed by atoms with Crippen LogP contribution in [0.25, 0.3) is 0 Å². The van der Waals surface area contributed by atoms with Gasteiger partial charge in [-0.2, -0.15) is 10.1 Å². The summed E-state index contributed by atoms with van der Waals surface area (Å²) in [5.74, 6) is 0.496. The van der Waals surface area contributed by atoms with Gasteiger partial charge in [-0.3, -0.25) is 14.3 Å². The number of fused-ring (bicyclic) bond motifs is 1. The molecule has 1 unspecified atom stereocenters. The van der Waals surface area contributed by atoms with Gasteiger partial charge in [0.05, 0.1) is 17.9 Å². The van der Waals surface area contributed by atoms with Crippen LogP contribution in [-0.4, -0.2) is 38.1 Å². The maximum atomic E-state index is 12.2. The van der Waals surface area contributed by atoms with E-state index in [1.807, 2.05) is 16.9 Å². The topological polar surface area (TPSA) is 140 Å². The summed E-state index contributed by atoms with van der Waals surface area (Å²) in [5.41, 5.74) is 8.64. The molecule has 1 aliphatic carbocycles. The van der Waals surface area contributed by atoms with Crippen LogP contribution in [0.2, 0.25) is 0 Å². The second kappa shape index (κ2) is 7.95. The Kier molecular flexibility index (Phi) is 4.96. The van der Waals surface area contributed by atoms with Gasteiger partial charge in [-0.15, -0.1) is 0 Å². The minimum Gasteiger partial charge on any atom is -0.365 e. The van der Waals surface area contributed by atoms with E-state index in [2.05, 4.69) is 37.9 Å². The van der Waals surface area contributed by atoms with Crippen LogP contribution in [0.15, 0.2) is 36.8 Å². The van der Waals surface area contributed by atoms with E-state index in [0.717, 1.165) is 11.3 Å². The van der Waals surface area contributed by atoms with Crippen LogP contribution in [0.3, 0.4) is 0 Å². The number of nitrogens with two attached hydrogens (primary N) is 1. The van der Waals surface area contributed by atoms with E-state index in [-0.39, 0.29) is 17.3 Å². The summed E-state index contributed by atoms with van der Waals surface area (Å²) in [4.78, 5) is 32.9. The van der Waals surface area contributed by atoms with Gasteiger partial charge in [0.15, 0.2) is 0 Å². The number of carbonyl (C=O) groups excluding carboxylic acids is 2. The highest BCUT2D eigenvalue weighted by Crippen LogP contribution is 2.39. The van der Waals surface area contributed by atoms with Crippen molar-refractivity contribution in [1.29, 1.82) is 0 Å². The average Bonchev–Trinajstić information content (AvgIpc) is 3.53. The Hall–Kier alpha value is -3.95. The summed E-state index contributed by atoms with van der Waals surface area (Å²) in [6, 6.07) is 5.76. The van der Waals surface area contributed by atoms with Gasteiger partial charge >= 0.3 is 0 Å². The number of rotatable bonds is 7. The van der Waals surface area contributed by atoms with E-state index in [9.17, 15) is 9.59 Å². The molecule has 1 fully saturated rings. The van der Waals surface area contributed by atoms with Crippen LogP contribution in [0.1, 0.15) is 52.1 Å². The van der Waals surface area contributed by atoms with Crippen LogP contribution in [0.4, 0.5) is 23.1 Å². The monoisotopic (exact) mass is 432 g/mol. The van der Waals surface area contributed by atoms with Crippen molar-refractivity contribution in [3.63, 3.8) is 0 Å². The molecule has 10 nitrogen and oxygen atoms in total. The zero-order valence-corrected chi connectivity index (χ0v) is 17.6. The van der Waals surface area contributed by atoms with Gasteiger partial charge in [0.2, 0.25) is 5.95 Å². The molecule has 1 aliphatic heterocycles. The van der Waals surface area contributed by atoms with Crippen molar-refractivity contribution < 1.29 is 9.59 Å². The summed E-state index contributed by atoms with van der Waals surface area (Å²) < 4.78 is 1.94. The molecule has 1 atom stereocenters. The summed E-state index contributed by atoms with van der Waals surface area (Å²) in [6.07, 6.45) is 8.18. The number of nitrogens with one attached hydrogen (secondary N) is 3. The van der Waals surface area contributed by atoms with Crippen molar-refractivity contribution in [3.8, 4) is 0 Å². The third kappa shape index (κ3) is 3.86. The summed E-state index contributed by atoms with van der Waals surface area (Å²) >= 11 is 0. The molecule has 10 heteroatoms. The quantitative estimate of drug-likeness (QED) is 0.450. The Labute approximate surface area is 184 Å². The van der Waals surface area contributed by atoms with E-state index in [4.69, 9.17) is 5.73 Å². The number of nitrogens with zero attached hydrogens (tertiary/aromatic N) is 4. The molecule has 1 saturated carbocycles. The lowest BCUT2D eigenvalue weighted by molar-refractivity contribution is 0.0944. The van der Waals surface area contributed by atoms with Gasteiger partial charge in [0.1, 0.15) is 11.4 Å². The molecule has 0 radical (unpaired) electrons. The molecule has 5 N–H and O–H groups in total. The van der Waals surface area contributed by atoms with Crippen LogP contribution in [-0.2, 0) is 6.42 Å². The largest absolute Gasteiger partial charge is 0.365 e. The average molecular weight is 432 g/mol. The second-order valence-corrected chi connectivity index (χ2v) is 8.19. The molecule has 0 saturated heterocycles. The molecule has 2 amide bonds. The number of aromatic nitrogens is 4. The van der Waals surface area contributed by atoms with Crippen molar-refractivity contribution in [3.05, 3.63) is 53.5 Å². The summed E-state index contributed by atoms with van der Waals surface area (Å²) in [5, 5.41) is 13.6. The Balaban J connectivity index is 1.43. The highest BCUT2D eigenvalue weighted by atomic mass is 16.2. The molecular weight excluding hydrogens is 408 g/mol. The molecular formula is C22H24N8O2. The fraction of sp³-hybridized carbons (Fsp3) is 0.318. The number of amides is 2. The first-order valence-electron chi connectivity index (χ1n) is 10.6. The molecule has 3 aromatic rings. The molecule has 5 rings (SSSR count). The third-order valence-corrected chi connectivity index (χ3v) is 5.97. The molecule has 1 aromatic carbocycles. The highest BCUT2D eigenvalue weighted by Gasteiger charge is 2.29. The molecule has 2 aromatic heterocycles. The van der Waals surface area contributed by atoms with E-state index >= 15 is 0 Å². The van der Waals surface area contributed by atoms with E-state index in [1.54, 1.807) is 18.3 Å². The highest BCUT2D eigenvalue weighted by molar-refractivity contribution is 6.00. The summed E-state index contributed by atoms with van der Waals surface area (Å²) in [7, 11) is 0. The fourth-order valence-corrected chi connectivity index (χ4v) is 3.98. The van der Waals surface area contributed by atoms with Gasteiger partial charge in [-0.25, -0.2) is 4.98 Å². The Morgan fingerprint density at radius 1 is 1.28 bits per heavy atom. The first kappa shape index (κ1) is 20.0. The third-order valence-electron chi connectivity index (χ3n) is 5.97. The van der Waals surface area contributed by atoms with Gasteiger partial charge in [0.25, 0.3) is 11.8 Å². The predicted octanol–water partition coefficient (Wildman–Crippen LogP) is 2.52. The number of carbonyl (C=O) groups is 2. The normalized spacial score (nSPS) is 16.1. The van der Waals surface area contributed by atoms with Crippen LogP contribution < -0.4 is 21.7 Å². The minimum atomic E-state index is -0.646. The Morgan fingerprint density at radius 2 is 2.12 bits per heavy atom. The maximum absolute atomic E-state index is 12.2. The zero-order valence-electron chi connectivity index (χ0n) is 17.6. The predicted molar refractivity (Wildman–Crippen MR) is 119 cm³/mol. The SMILES string of the molecule is CC(C1CC1)n1cc(Nc2ncc(C(N)=O)c(Nc3cccc4c3CCNC4=O)n2)cn1. The number of hydrogen-bond acceptors (Lipinski definition) is 7. The molecule has 32 heavy (non-hydrogen) atoms. The smallest absolute Gasteiger partial charge is 0.254 e. The lowest BCUT2D eigenvalue weighted by Crippen LogP contribution is -2.32. The van der Waals surface area contributed by atoms with Crippen molar-refractivity contribution in [1.82, 2.24) is 25.1 Å². The van der Waals surface area contributed by atoms with Gasteiger partial charge in [0, 0.05) is 30.2 Å². The van der Waals surface area contributed by atoms with Gasteiger partial charge in [-0.05, 0) is 49.8 Å². The fourth-order valence-electron chi connectivity index (χ4n) is 3.98. The minimum absolute atomic E-state index is 0.118. The molecule has 164 valence electrons. The van der Waals surface area contributed by atoms with Crippen molar-refractivity contribution in [2.75, 3.05) is 17.2 Å². The summed E-state index contributed by atoms with van der Waals surface area (Å²) in [6.45, 7) is 2.71. The number of anilines is 4. The number of hydrogen-bond donors (Lipinski definition) is 4. The van der Waals surface area contributed by atoms with Crippen molar-refractivity contribution in [2.24, 2.45) is 11.7 Å².